The molecule has 1 aromatic rings. The summed E-state index contributed by atoms with van der Waals surface area (Å²) in [5.74, 6) is 11.1. The van der Waals surface area contributed by atoms with Gasteiger partial charge in [-0.25, -0.2) is 4.68 Å². The zero-order valence-electron chi connectivity index (χ0n) is 11.5. The maximum atomic E-state index is 6.28. The first kappa shape index (κ1) is 12.1. The fourth-order valence-corrected chi connectivity index (χ4v) is 5.83. The summed E-state index contributed by atoms with van der Waals surface area (Å²) in [5, 5.41) is 9.69. The molecule has 0 atom stereocenters. The Morgan fingerprint density at radius 1 is 1.16 bits per heavy atom. The van der Waals surface area contributed by atoms with E-state index in [0.717, 1.165) is 34.5 Å². The van der Waals surface area contributed by atoms with Crippen LogP contribution in [0.3, 0.4) is 0 Å². The molecule has 104 valence electrons. The van der Waals surface area contributed by atoms with Gasteiger partial charge < -0.3 is 5.84 Å². The molecule has 4 nitrogen and oxygen atoms in total. The lowest BCUT2D eigenvalue weighted by atomic mass is 9.49. The number of hydrogen-bond acceptors (Lipinski definition) is 4. The Kier molecular flexibility index (Phi) is 2.63. The maximum absolute atomic E-state index is 6.28. The van der Waals surface area contributed by atoms with Crippen molar-refractivity contribution in [1.29, 1.82) is 0 Å². The Balaban J connectivity index is 1.71. The van der Waals surface area contributed by atoms with Crippen LogP contribution in [0.2, 0.25) is 0 Å². The number of nitrogen functional groups attached to an aromatic ring is 1. The monoisotopic (exact) mass is 278 g/mol. The second kappa shape index (κ2) is 4.14. The molecule has 4 fully saturated rings. The maximum Gasteiger partial charge on any atom is 0.209 e. The average Bonchev–Trinajstić information content (AvgIpc) is 2.70. The molecule has 5 heteroatoms. The molecule has 2 N–H and O–H groups in total. The molecule has 19 heavy (non-hydrogen) atoms. The van der Waals surface area contributed by atoms with Gasteiger partial charge in [0.1, 0.15) is 0 Å². The topological polar surface area (TPSA) is 56.7 Å². The first-order valence-electron chi connectivity index (χ1n) is 7.54. The van der Waals surface area contributed by atoms with Crippen LogP contribution in [0.25, 0.3) is 0 Å². The minimum Gasteiger partial charge on any atom is -0.336 e. The molecule has 0 amide bonds. The van der Waals surface area contributed by atoms with E-state index >= 15 is 0 Å². The Morgan fingerprint density at radius 3 is 2.26 bits per heavy atom. The Labute approximate surface area is 118 Å². The van der Waals surface area contributed by atoms with Crippen LogP contribution in [-0.4, -0.2) is 20.6 Å². The van der Waals surface area contributed by atoms with Crippen LogP contribution in [0.15, 0.2) is 5.16 Å². The molecule has 4 bridgehead atoms. The highest BCUT2D eigenvalue weighted by atomic mass is 32.2. The molecule has 1 aromatic heterocycles. The Morgan fingerprint density at radius 2 is 1.74 bits per heavy atom. The van der Waals surface area contributed by atoms with Gasteiger partial charge in [0.15, 0.2) is 5.82 Å². The summed E-state index contributed by atoms with van der Waals surface area (Å²) in [6, 6.07) is 0. The molecule has 0 spiro atoms. The molecule has 4 saturated carbocycles. The van der Waals surface area contributed by atoms with Gasteiger partial charge >= 0.3 is 0 Å². The summed E-state index contributed by atoms with van der Waals surface area (Å²) in [6.45, 7) is 2.13. The van der Waals surface area contributed by atoms with Crippen LogP contribution in [0.5, 0.6) is 0 Å². The predicted molar refractivity (Wildman–Crippen MR) is 76.4 cm³/mol. The SMILES string of the molecule is CCSc1nnc(C23CC4CC(CC(C4)C2)C3)n1N. The largest absolute Gasteiger partial charge is 0.336 e. The van der Waals surface area contributed by atoms with Gasteiger partial charge in [-0.3, -0.25) is 0 Å². The molecule has 0 unspecified atom stereocenters. The number of nitrogens with two attached hydrogens (primary N) is 1. The molecule has 0 radical (unpaired) electrons. The summed E-state index contributed by atoms with van der Waals surface area (Å²) in [4.78, 5) is 0. The van der Waals surface area contributed by atoms with Crippen molar-refractivity contribution < 1.29 is 0 Å². The summed E-state index contributed by atoms with van der Waals surface area (Å²) in [6.07, 6.45) is 8.25. The van der Waals surface area contributed by atoms with Crippen LogP contribution in [-0.2, 0) is 5.41 Å². The zero-order valence-corrected chi connectivity index (χ0v) is 12.3. The smallest absolute Gasteiger partial charge is 0.209 e. The van der Waals surface area contributed by atoms with Crippen molar-refractivity contribution in [2.24, 2.45) is 17.8 Å². The van der Waals surface area contributed by atoms with Crippen molar-refractivity contribution in [3.8, 4) is 0 Å². The highest BCUT2D eigenvalue weighted by Crippen LogP contribution is 2.60. The third kappa shape index (κ3) is 1.73. The van der Waals surface area contributed by atoms with E-state index < -0.39 is 0 Å². The molecule has 0 aromatic carbocycles. The molecule has 4 aliphatic rings. The van der Waals surface area contributed by atoms with E-state index in [1.54, 1.807) is 16.4 Å². The van der Waals surface area contributed by atoms with E-state index in [-0.39, 0.29) is 5.41 Å². The summed E-state index contributed by atoms with van der Waals surface area (Å²) in [7, 11) is 0. The zero-order chi connectivity index (χ0) is 13.0. The molecule has 0 aliphatic heterocycles. The number of hydrogen-bond donors (Lipinski definition) is 1. The van der Waals surface area contributed by atoms with E-state index in [0.29, 0.717) is 0 Å². The molecule has 1 heterocycles. The van der Waals surface area contributed by atoms with Crippen LogP contribution in [0.4, 0.5) is 0 Å². The lowest BCUT2D eigenvalue weighted by Crippen LogP contribution is -2.50. The minimum absolute atomic E-state index is 0.253. The third-order valence-electron chi connectivity index (χ3n) is 5.45. The summed E-state index contributed by atoms with van der Waals surface area (Å²) >= 11 is 1.69. The quantitative estimate of drug-likeness (QED) is 0.682. The average molecular weight is 278 g/mol. The fourth-order valence-electron chi connectivity index (χ4n) is 5.25. The van der Waals surface area contributed by atoms with Gasteiger partial charge in [0.2, 0.25) is 5.16 Å². The van der Waals surface area contributed by atoms with Gasteiger partial charge in [0.25, 0.3) is 0 Å². The second-order valence-electron chi connectivity index (χ2n) is 6.81. The van der Waals surface area contributed by atoms with E-state index in [9.17, 15) is 0 Å². The van der Waals surface area contributed by atoms with Crippen LogP contribution in [0.1, 0.15) is 51.3 Å². The van der Waals surface area contributed by atoms with Crippen molar-refractivity contribution in [1.82, 2.24) is 14.9 Å². The molecular formula is C14H22N4S. The minimum atomic E-state index is 0.253. The van der Waals surface area contributed by atoms with Crippen molar-refractivity contribution in [3.63, 3.8) is 0 Å². The van der Waals surface area contributed by atoms with Gasteiger partial charge in [-0.05, 0) is 62.0 Å². The molecule has 5 rings (SSSR count). The Hall–Kier alpha value is -0.710. The van der Waals surface area contributed by atoms with E-state index in [1.165, 1.54) is 38.5 Å². The predicted octanol–water partition coefficient (Wildman–Crippen LogP) is 2.57. The highest BCUT2D eigenvalue weighted by Gasteiger charge is 2.53. The van der Waals surface area contributed by atoms with Crippen molar-refractivity contribution in [2.45, 2.75) is 56.0 Å². The van der Waals surface area contributed by atoms with Crippen molar-refractivity contribution in [2.75, 3.05) is 11.6 Å². The van der Waals surface area contributed by atoms with Gasteiger partial charge in [-0.1, -0.05) is 18.7 Å². The Bertz CT molecular complexity index is 460. The standard InChI is InChI=1S/C14H22N4S/c1-2-19-13-17-16-12(18(13)15)14-6-9-3-10(7-14)5-11(4-9)8-14/h9-11H,2-8,15H2,1H3. The van der Waals surface area contributed by atoms with E-state index in [1.807, 2.05) is 0 Å². The second-order valence-corrected chi connectivity index (χ2v) is 8.04. The normalized spacial score (nSPS) is 39.9. The lowest BCUT2D eigenvalue weighted by molar-refractivity contribution is -0.0106. The highest BCUT2D eigenvalue weighted by molar-refractivity contribution is 7.99. The van der Waals surface area contributed by atoms with E-state index in [4.69, 9.17) is 5.84 Å². The van der Waals surface area contributed by atoms with Crippen LogP contribution >= 0.6 is 11.8 Å². The number of nitrogens with zero attached hydrogens (tertiary/aromatic N) is 3. The number of rotatable bonds is 3. The first-order valence-corrected chi connectivity index (χ1v) is 8.52. The van der Waals surface area contributed by atoms with Crippen molar-refractivity contribution >= 4 is 11.8 Å². The first-order chi connectivity index (χ1) is 9.20. The summed E-state index contributed by atoms with van der Waals surface area (Å²) < 4.78 is 1.79. The van der Waals surface area contributed by atoms with Crippen LogP contribution in [0, 0.1) is 17.8 Å². The third-order valence-corrected chi connectivity index (χ3v) is 6.28. The van der Waals surface area contributed by atoms with Gasteiger partial charge in [0.05, 0.1) is 0 Å². The van der Waals surface area contributed by atoms with Crippen molar-refractivity contribution in [3.05, 3.63) is 5.82 Å². The van der Waals surface area contributed by atoms with Crippen LogP contribution < -0.4 is 5.84 Å². The van der Waals surface area contributed by atoms with Gasteiger partial charge in [-0.2, -0.15) is 0 Å². The fraction of sp³-hybridized carbons (Fsp3) is 0.857. The number of thioether (sulfide) groups is 1. The molecular weight excluding hydrogens is 256 g/mol. The van der Waals surface area contributed by atoms with E-state index in [2.05, 4.69) is 17.1 Å². The van der Waals surface area contributed by atoms with Gasteiger partial charge in [0, 0.05) is 5.41 Å². The summed E-state index contributed by atoms with van der Waals surface area (Å²) in [5.41, 5.74) is 0.253. The molecule has 0 saturated heterocycles. The molecule has 4 aliphatic carbocycles. The van der Waals surface area contributed by atoms with Gasteiger partial charge in [-0.15, -0.1) is 10.2 Å². The number of aromatic nitrogens is 3. The lowest BCUT2D eigenvalue weighted by Gasteiger charge is -2.55.